The Labute approximate surface area is 154 Å². The molecule has 0 aliphatic heterocycles. The minimum Gasteiger partial charge on any atom is -0.497 e. The van der Waals surface area contributed by atoms with Gasteiger partial charge in [0.05, 0.1) is 12.5 Å². The molecule has 0 spiro atoms. The molecule has 0 aromatic heterocycles. The first-order chi connectivity index (χ1) is 12.4. The van der Waals surface area contributed by atoms with Crippen LogP contribution in [0.25, 0.3) is 0 Å². The van der Waals surface area contributed by atoms with E-state index < -0.39 is 0 Å². The van der Waals surface area contributed by atoms with Gasteiger partial charge in [-0.25, -0.2) is 0 Å². The number of rotatable bonds is 5. The fourth-order valence-corrected chi connectivity index (χ4v) is 6.16. The highest BCUT2D eigenvalue weighted by Crippen LogP contribution is 2.61. The Morgan fingerprint density at radius 1 is 1.12 bits per heavy atom. The van der Waals surface area contributed by atoms with Crippen LogP contribution < -0.4 is 15.4 Å². The van der Waals surface area contributed by atoms with Crippen LogP contribution in [-0.2, 0) is 16.1 Å². The Kier molecular flexibility index (Phi) is 4.20. The van der Waals surface area contributed by atoms with E-state index in [1.54, 1.807) is 14.0 Å². The molecule has 4 fully saturated rings. The molecule has 2 N–H and O–H groups in total. The first-order valence-electron chi connectivity index (χ1n) is 9.62. The van der Waals surface area contributed by atoms with Gasteiger partial charge in [-0.3, -0.25) is 9.59 Å². The highest BCUT2D eigenvalue weighted by atomic mass is 16.5. The molecular formula is C21H28N2O3. The van der Waals surface area contributed by atoms with Crippen LogP contribution in [0, 0.1) is 17.3 Å². The molecule has 1 aromatic carbocycles. The van der Waals surface area contributed by atoms with E-state index in [0.29, 0.717) is 18.4 Å². The molecule has 2 amide bonds. The molecule has 4 saturated carbocycles. The Hall–Kier alpha value is -2.04. The molecule has 5 nitrogen and oxygen atoms in total. The summed E-state index contributed by atoms with van der Waals surface area (Å²) in [6.45, 7) is 2.13. The zero-order chi connectivity index (χ0) is 18.4. The minimum absolute atomic E-state index is 0.0285. The molecule has 4 aliphatic rings. The molecule has 26 heavy (non-hydrogen) atoms. The van der Waals surface area contributed by atoms with Crippen LogP contribution >= 0.6 is 0 Å². The van der Waals surface area contributed by atoms with E-state index in [0.717, 1.165) is 43.4 Å². The lowest BCUT2D eigenvalue weighted by molar-refractivity contribution is -0.153. The number of methoxy groups -OCH3 is 1. The van der Waals surface area contributed by atoms with Gasteiger partial charge in [0.15, 0.2) is 0 Å². The van der Waals surface area contributed by atoms with Crippen molar-refractivity contribution in [3.63, 3.8) is 0 Å². The number of benzene rings is 1. The monoisotopic (exact) mass is 356 g/mol. The molecule has 4 aliphatic carbocycles. The normalized spacial score (nSPS) is 34.4. The maximum atomic E-state index is 13.2. The third-order valence-corrected chi connectivity index (χ3v) is 6.60. The summed E-state index contributed by atoms with van der Waals surface area (Å²) in [4.78, 5) is 24.9. The molecule has 1 aromatic rings. The van der Waals surface area contributed by atoms with Gasteiger partial charge < -0.3 is 15.4 Å². The number of amides is 2. The second kappa shape index (κ2) is 6.29. The Morgan fingerprint density at radius 2 is 1.77 bits per heavy atom. The van der Waals surface area contributed by atoms with Crippen LogP contribution in [0.4, 0.5) is 0 Å². The fourth-order valence-electron chi connectivity index (χ4n) is 6.16. The maximum Gasteiger partial charge on any atom is 0.226 e. The van der Waals surface area contributed by atoms with Crippen molar-refractivity contribution in [2.24, 2.45) is 17.3 Å². The SMILES string of the molecule is COc1ccc(CNC(=O)C23CC4CC(CC(NC(C)=O)(C4)C2)C3)cc1. The molecule has 0 radical (unpaired) electrons. The van der Waals surface area contributed by atoms with E-state index in [-0.39, 0.29) is 22.8 Å². The van der Waals surface area contributed by atoms with Gasteiger partial charge in [-0.1, -0.05) is 12.1 Å². The van der Waals surface area contributed by atoms with Gasteiger partial charge in [0.2, 0.25) is 11.8 Å². The van der Waals surface area contributed by atoms with Crippen molar-refractivity contribution < 1.29 is 14.3 Å². The number of hydrogen-bond donors (Lipinski definition) is 2. The molecule has 0 heterocycles. The average Bonchev–Trinajstić information content (AvgIpc) is 2.57. The lowest BCUT2D eigenvalue weighted by Gasteiger charge is -2.61. The summed E-state index contributed by atoms with van der Waals surface area (Å²) in [6, 6.07) is 7.80. The number of nitrogens with one attached hydrogen (secondary N) is 2. The van der Waals surface area contributed by atoms with Crippen molar-refractivity contribution in [2.45, 2.75) is 57.5 Å². The summed E-state index contributed by atoms with van der Waals surface area (Å²) in [5, 5.41) is 6.39. The van der Waals surface area contributed by atoms with Crippen molar-refractivity contribution in [1.29, 1.82) is 0 Å². The van der Waals surface area contributed by atoms with Crippen molar-refractivity contribution in [3.05, 3.63) is 29.8 Å². The van der Waals surface area contributed by atoms with E-state index in [9.17, 15) is 9.59 Å². The summed E-state index contributed by atoms with van der Waals surface area (Å²) >= 11 is 0. The van der Waals surface area contributed by atoms with Gasteiger partial charge in [-0.2, -0.15) is 0 Å². The van der Waals surface area contributed by atoms with E-state index in [4.69, 9.17) is 4.74 Å². The second-order valence-electron chi connectivity index (χ2n) is 8.73. The molecule has 5 heteroatoms. The van der Waals surface area contributed by atoms with Crippen molar-refractivity contribution in [3.8, 4) is 5.75 Å². The molecule has 5 rings (SSSR count). The average molecular weight is 356 g/mol. The Balaban J connectivity index is 1.47. The van der Waals surface area contributed by atoms with E-state index in [2.05, 4.69) is 10.6 Å². The second-order valence-corrected chi connectivity index (χ2v) is 8.73. The lowest BCUT2D eigenvalue weighted by atomic mass is 9.46. The zero-order valence-electron chi connectivity index (χ0n) is 15.6. The fraction of sp³-hybridized carbons (Fsp3) is 0.619. The van der Waals surface area contributed by atoms with Crippen molar-refractivity contribution in [1.82, 2.24) is 10.6 Å². The predicted octanol–water partition coefficient (Wildman–Crippen LogP) is 2.79. The third-order valence-electron chi connectivity index (χ3n) is 6.60. The highest BCUT2D eigenvalue weighted by Gasteiger charge is 2.60. The number of carbonyl (C=O) groups is 2. The summed E-state index contributed by atoms with van der Waals surface area (Å²) in [5.41, 5.74) is 0.604. The number of hydrogen-bond acceptors (Lipinski definition) is 3. The summed E-state index contributed by atoms with van der Waals surface area (Å²) in [7, 11) is 1.65. The van der Waals surface area contributed by atoms with Gasteiger partial charge in [0.25, 0.3) is 0 Å². The maximum absolute atomic E-state index is 13.2. The number of carbonyl (C=O) groups excluding carboxylic acids is 2. The van der Waals surface area contributed by atoms with Crippen LogP contribution in [-0.4, -0.2) is 24.5 Å². The summed E-state index contributed by atoms with van der Waals surface area (Å²) in [6.07, 6.45) is 6.03. The molecule has 0 saturated heterocycles. The van der Waals surface area contributed by atoms with Crippen LogP contribution in [0.3, 0.4) is 0 Å². The smallest absolute Gasteiger partial charge is 0.226 e. The molecular weight excluding hydrogens is 328 g/mol. The van der Waals surface area contributed by atoms with Crippen LogP contribution in [0.5, 0.6) is 5.75 Å². The standard InChI is InChI=1S/C21H28N2O3/c1-14(24)23-21-10-16-7-17(11-21)9-20(8-16,13-21)19(25)22-12-15-3-5-18(26-2)6-4-15/h3-6,16-17H,7-13H2,1-2H3,(H,22,25)(H,23,24). The van der Waals surface area contributed by atoms with Gasteiger partial charge >= 0.3 is 0 Å². The number of ether oxygens (including phenoxy) is 1. The van der Waals surface area contributed by atoms with Crippen LogP contribution in [0.2, 0.25) is 0 Å². The van der Waals surface area contributed by atoms with Crippen LogP contribution in [0.15, 0.2) is 24.3 Å². The highest BCUT2D eigenvalue weighted by molar-refractivity contribution is 5.84. The quantitative estimate of drug-likeness (QED) is 0.852. The molecule has 2 atom stereocenters. The van der Waals surface area contributed by atoms with Gasteiger partial charge in [0.1, 0.15) is 5.75 Å². The van der Waals surface area contributed by atoms with Crippen molar-refractivity contribution >= 4 is 11.8 Å². The van der Waals surface area contributed by atoms with Gasteiger partial charge in [-0.15, -0.1) is 0 Å². The van der Waals surface area contributed by atoms with E-state index in [1.807, 2.05) is 24.3 Å². The third kappa shape index (κ3) is 3.08. The topological polar surface area (TPSA) is 67.4 Å². The Bertz CT molecular complexity index is 698. The molecule has 4 bridgehead atoms. The molecule has 140 valence electrons. The van der Waals surface area contributed by atoms with Crippen LogP contribution in [0.1, 0.15) is 51.0 Å². The predicted molar refractivity (Wildman–Crippen MR) is 98.5 cm³/mol. The Morgan fingerprint density at radius 3 is 2.35 bits per heavy atom. The summed E-state index contributed by atoms with van der Waals surface area (Å²) < 4.78 is 5.18. The van der Waals surface area contributed by atoms with E-state index in [1.165, 1.54) is 6.42 Å². The van der Waals surface area contributed by atoms with Crippen molar-refractivity contribution in [2.75, 3.05) is 7.11 Å². The van der Waals surface area contributed by atoms with Gasteiger partial charge in [0, 0.05) is 19.0 Å². The van der Waals surface area contributed by atoms with E-state index >= 15 is 0 Å². The zero-order valence-corrected chi connectivity index (χ0v) is 15.6. The largest absolute Gasteiger partial charge is 0.497 e. The first-order valence-corrected chi connectivity index (χ1v) is 9.62. The van der Waals surface area contributed by atoms with Gasteiger partial charge in [-0.05, 0) is 68.1 Å². The minimum atomic E-state index is -0.307. The summed E-state index contributed by atoms with van der Waals surface area (Å²) in [5.74, 6) is 2.14. The first kappa shape index (κ1) is 17.4. The molecule has 2 unspecified atom stereocenters. The lowest BCUT2D eigenvalue weighted by Crippen LogP contribution is -2.65.